The number of methoxy groups -OCH3 is 1. The van der Waals surface area contributed by atoms with E-state index in [0.717, 1.165) is 45.1 Å². The molecule has 3 aliphatic rings. The molecule has 0 spiro atoms. The Hall–Kier alpha value is -9.19. The van der Waals surface area contributed by atoms with Crippen molar-refractivity contribution in [3.05, 3.63) is 131 Å². The summed E-state index contributed by atoms with van der Waals surface area (Å²) in [5.41, 5.74) is 10.9. The Bertz CT molecular complexity index is 3820. The minimum absolute atomic E-state index is 0.0494. The van der Waals surface area contributed by atoms with Gasteiger partial charge >= 0.3 is 12.2 Å². The van der Waals surface area contributed by atoms with Crippen molar-refractivity contribution < 1.29 is 56.5 Å². The third-order valence-corrected chi connectivity index (χ3v) is 19.1. The number of nitrogens with zero attached hydrogens (tertiary/aromatic N) is 8. The van der Waals surface area contributed by atoms with Gasteiger partial charge < -0.3 is 46.3 Å². The highest BCUT2D eigenvalue weighted by Gasteiger charge is 2.37. The number of morpholine rings is 1. The van der Waals surface area contributed by atoms with Crippen LogP contribution in [-0.2, 0) is 51.5 Å². The van der Waals surface area contributed by atoms with Gasteiger partial charge in [-0.1, -0.05) is 58.4 Å². The number of aromatic nitrogens is 8. The molecule has 10 rings (SSSR count). The molecule has 0 bridgehead atoms. The molecular weight excluding hydrogens is 1290 g/mol. The van der Waals surface area contributed by atoms with E-state index in [1.54, 1.807) is 71.6 Å². The highest BCUT2D eigenvalue weighted by atomic mass is 79.9. The molecule has 498 valence electrons. The van der Waals surface area contributed by atoms with Crippen molar-refractivity contribution in [2.24, 2.45) is 29.4 Å². The first-order valence-electron chi connectivity index (χ1n) is 31.1. The van der Waals surface area contributed by atoms with Crippen molar-refractivity contribution in [1.29, 1.82) is 0 Å². The molecule has 5 aromatic carbocycles. The van der Waals surface area contributed by atoms with Crippen LogP contribution in [0, 0.1) is 23.7 Å². The van der Waals surface area contributed by atoms with Gasteiger partial charge in [-0.15, -0.1) is 10.2 Å². The molecule has 3 heterocycles. The van der Waals surface area contributed by atoms with Crippen molar-refractivity contribution in [3.8, 4) is 39.7 Å². The number of halogens is 1. The molecule has 1 aliphatic heterocycles. The molecule has 29 heteroatoms. The second kappa shape index (κ2) is 32.1. The Kier molecular flexibility index (Phi) is 23.6. The topological polar surface area (TPSA) is 374 Å². The molecule has 94 heavy (non-hydrogen) atoms. The fourth-order valence-electron chi connectivity index (χ4n) is 11.8. The monoisotopic (exact) mass is 1370 g/mol. The number of H-pyrrole nitrogens is 2. The number of carbonyl (C=O) groups is 6. The van der Waals surface area contributed by atoms with Gasteiger partial charge in [0.2, 0.25) is 33.7 Å². The molecule has 2 aliphatic carbocycles. The van der Waals surface area contributed by atoms with Crippen LogP contribution in [-0.4, -0.2) is 159 Å². The van der Waals surface area contributed by atoms with Crippen LogP contribution in [0.15, 0.2) is 125 Å². The normalized spacial score (nSPS) is 18.2. The molecule has 0 radical (unpaired) electrons. The summed E-state index contributed by atoms with van der Waals surface area (Å²) in [5, 5.41) is 47.8. The fourth-order valence-corrected chi connectivity index (χ4v) is 13.8. The van der Waals surface area contributed by atoms with Gasteiger partial charge in [0.05, 0.1) is 20.3 Å². The Labute approximate surface area is 552 Å². The van der Waals surface area contributed by atoms with Crippen LogP contribution in [0.5, 0.6) is 5.75 Å². The predicted molar refractivity (Wildman–Crippen MR) is 351 cm³/mol. The first kappa shape index (κ1) is 69.2. The lowest BCUT2D eigenvalue weighted by Gasteiger charge is -2.36. The standard InChI is InChI=1S/C36H42N8O8S.C29H36BrN7O4/c1-51-31-14-11-28(21-32(31)53(49,50)44-15-17-52-18-16-44)27-4-2-3-24(19-27)20-30(39-34(45)26-7-5-23(6-8-26)22-37-36(47)48)35(46)38-29-12-9-25(10-13-29)33-40-42-43-41-33;1-29(2,3)41-28(40)32-17-18-7-9-21(10-8-18)27(39)37(23-13-11-20(12-14-23)26-33-35-36-34-26)24(25(31)38)16-19-5-4-6-22(30)15-19/h2-4,9-14,19,21,23,26,30,37H,5-8,15-18,20,22H2,1H3,(H,38,46)(H,39,45)(H,47,48)(H,40,41,42,43);4-6,11-15,18,21,24H,7-10,16-17H2,1-3H3,(H2,31,38)(H,32,40)(H,33,34,35,36)/t23-,26-,30-;18-,21-,24-/m00/s1. The molecule has 27 nitrogen and oxygen atoms in total. The van der Waals surface area contributed by atoms with Crippen molar-refractivity contribution in [2.75, 3.05) is 56.7 Å². The van der Waals surface area contributed by atoms with Crippen molar-refractivity contribution in [2.45, 2.75) is 108 Å². The van der Waals surface area contributed by atoms with E-state index in [2.05, 4.69) is 78.4 Å². The number of benzene rings is 5. The summed E-state index contributed by atoms with van der Waals surface area (Å²) >= 11 is 3.48. The number of alkyl carbamates (subject to hydrolysis) is 1. The highest BCUT2D eigenvalue weighted by Crippen LogP contribution is 2.36. The number of tetrazole rings is 2. The van der Waals surface area contributed by atoms with Crippen molar-refractivity contribution in [3.63, 3.8) is 0 Å². The molecule has 0 unspecified atom stereocenters. The van der Waals surface area contributed by atoms with Gasteiger partial charge in [-0.05, 0) is 200 Å². The lowest BCUT2D eigenvalue weighted by atomic mass is 9.81. The Morgan fingerprint density at radius 2 is 1.29 bits per heavy atom. The molecule has 2 saturated carbocycles. The van der Waals surface area contributed by atoms with E-state index < -0.39 is 51.7 Å². The van der Waals surface area contributed by atoms with Crippen LogP contribution in [0.25, 0.3) is 33.9 Å². The minimum atomic E-state index is -3.87. The van der Waals surface area contributed by atoms with E-state index in [0.29, 0.717) is 93.4 Å². The first-order valence-corrected chi connectivity index (χ1v) is 33.3. The molecular formula is C65H78BrN15O12S. The van der Waals surface area contributed by atoms with Crippen LogP contribution < -0.4 is 36.6 Å². The highest BCUT2D eigenvalue weighted by molar-refractivity contribution is 9.10. The maximum Gasteiger partial charge on any atom is 0.407 e. The number of hydrogen-bond acceptors (Lipinski definition) is 17. The van der Waals surface area contributed by atoms with Crippen LogP contribution in [0.1, 0.15) is 83.3 Å². The number of sulfonamides is 1. The molecule has 6 amide bonds. The maximum absolute atomic E-state index is 14.1. The van der Waals surface area contributed by atoms with Gasteiger partial charge in [0.1, 0.15) is 28.3 Å². The van der Waals surface area contributed by atoms with Crippen molar-refractivity contribution in [1.82, 2.24) is 61.5 Å². The van der Waals surface area contributed by atoms with Gasteiger partial charge in [-0.25, -0.2) is 28.2 Å². The van der Waals surface area contributed by atoms with E-state index in [-0.39, 0.29) is 72.1 Å². The number of carboxylic acid groups (broad SMARTS) is 1. The summed E-state index contributed by atoms with van der Waals surface area (Å²) in [6.07, 6.45) is 4.25. The number of amides is 6. The van der Waals surface area contributed by atoms with E-state index >= 15 is 0 Å². The number of aromatic amines is 2. The van der Waals surface area contributed by atoms with E-state index in [4.69, 9.17) is 25.1 Å². The van der Waals surface area contributed by atoms with Crippen LogP contribution in [0.2, 0.25) is 0 Å². The van der Waals surface area contributed by atoms with Gasteiger partial charge in [-0.2, -0.15) is 4.31 Å². The maximum atomic E-state index is 14.1. The van der Waals surface area contributed by atoms with Gasteiger partial charge in [0.15, 0.2) is 11.6 Å². The summed E-state index contributed by atoms with van der Waals surface area (Å²) in [4.78, 5) is 79.1. The largest absolute Gasteiger partial charge is 0.495 e. The second-order valence-corrected chi connectivity index (χ2v) is 27.2. The molecule has 3 fully saturated rings. The van der Waals surface area contributed by atoms with E-state index in [9.17, 15) is 37.2 Å². The van der Waals surface area contributed by atoms with Crippen LogP contribution in [0.4, 0.5) is 21.0 Å². The number of nitrogens with two attached hydrogens (primary N) is 1. The number of primary amides is 1. The number of rotatable bonds is 22. The molecule has 2 atom stereocenters. The summed E-state index contributed by atoms with van der Waals surface area (Å²) < 4.78 is 45.7. The number of anilines is 2. The average Bonchev–Trinajstić information content (AvgIpc) is 0.914. The average molecular weight is 1370 g/mol. The smallest absolute Gasteiger partial charge is 0.407 e. The Morgan fingerprint density at radius 3 is 1.85 bits per heavy atom. The van der Waals surface area contributed by atoms with Gasteiger partial charge in [-0.3, -0.25) is 24.1 Å². The summed E-state index contributed by atoms with van der Waals surface area (Å²) in [5.74, 6) is -0.403. The van der Waals surface area contributed by atoms with Crippen molar-refractivity contribution >= 4 is 73.1 Å². The Morgan fingerprint density at radius 1 is 0.723 bits per heavy atom. The van der Waals surface area contributed by atoms with Crippen LogP contribution >= 0.6 is 15.9 Å². The molecule has 2 aromatic heterocycles. The number of ether oxygens (including phenoxy) is 3. The molecule has 7 aromatic rings. The predicted octanol–water partition coefficient (Wildman–Crippen LogP) is 7.69. The van der Waals surface area contributed by atoms with Gasteiger partial charge in [0.25, 0.3) is 0 Å². The zero-order valence-electron chi connectivity index (χ0n) is 52.6. The Balaban J connectivity index is 0.000000229. The minimum Gasteiger partial charge on any atom is -0.495 e. The van der Waals surface area contributed by atoms with E-state index in [1.807, 2.05) is 69.3 Å². The third kappa shape index (κ3) is 19.0. The SMILES string of the molecule is CC(C)(C)OC(=O)NC[C@H]1CC[C@H](C(=O)N(c2ccc(-c3nnn[nH]3)cc2)[C@@H](Cc2cccc(Br)c2)C(N)=O)CC1.COc1ccc(-c2cccc(C[C@H](NC(=O)[C@H]3CC[C@H](CNC(=O)O)CC3)C(=O)Nc3ccc(-c4nnn[nH]4)cc3)c2)cc1S(=O)(=O)N1CCOCC1. The zero-order valence-corrected chi connectivity index (χ0v) is 55.0. The molecule has 9 N–H and O–H groups in total. The number of carbonyl (C=O) groups excluding carboxylic acids is 5. The summed E-state index contributed by atoms with van der Waals surface area (Å²) in [6.45, 7) is 7.41. The lowest BCUT2D eigenvalue weighted by Crippen LogP contribution is -2.52. The summed E-state index contributed by atoms with van der Waals surface area (Å²) in [7, 11) is -2.44. The van der Waals surface area contributed by atoms with Crippen LogP contribution in [0.3, 0.4) is 0 Å². The van der Waals surface area contributed by atoms with Gasteiger partial charge in [0, 0.05) is 77.8 Å². The number of nitrogens with one attached hydrogen (secondary N) is 6. The van der Waals surface area contributed by atoms with E-state index in [1.165, 1.54) is 11.4 Å². The lowest BCUT2D eigenvalue weighted by molar-refractivity contribution is -0.130. The first-order chi connectivity index (χ1) is 45.1. The quantitative estimate of drug-likeness (QED) is 0.0322. The summed E-state index contributed by atoms with van der Waals surface area (Å²) in [6, 6.07) is 32.3. The fraction of sp³-hybridized carbons (Fsp3) is 0.415. The molecule has 1 saturated heterocycles. The zero-order chi connectivity index (χ0) is 66.9. The second-order valence-electron chi connectivity index (χ2n) is 24.4. The third-order valence-electron chi connectivity index (χ3n) is 16.7. The number of hydrogen-bond donors (Lipinski definition) is 8.